The third-order valence-corrected chi connectivity index (χ3v) is 8.00. The van der Waals surface area contributed by atoms with Crippen LogP contribution >= 0.6 is 0 Å². The van der Waals surface area contributed by atoms with E-state index < -0.39 is 16.5 Å². The molecule has 6 N–H and O–H groups in total. The Labute approximate surface area is 146 Å². The summed E-state index contributed by atoms with van der Waals surface area (Å²) >= 11 is 0. The van der Waals surface area contributed by atoms with Crippen molar-refractivity contribution < 1.29 is 15.3 Å². The van der Waals surface area contributed by atoms with E-state index in [-0.39, 0.29) is 19.8 Å². The van der Waals surface area contributed by atoms with Gasteiger partial charge in [0.05, 0.1) is 19.8 Å². The topological polar surface area (TPSA) is 102 Å². The summed E-state index contributed by atoms with van der Waals surface area (Å²) in [6.45, 7) is 19.8. The van der Waals surface area contributed by atoms with Crippen molar-refractivity contribution in [2.24, 2.45) is 5.73 Å². The van der Waals surface area contributed by atoms with Crippen molar-refractivity contribution in [2.45, 2.75) is 59.2 Å². The zero-order valence-electron chi connectivity index (χ0n) is 16.7. The molecule has 0 spiro atoms. The molecule has 0 aromatic heterocycles. The molecule has 23 heavy (non-hydrogen) atoms. The lowest BCUT2D eigenvalue weighted by molar-refractivity contribution is 0.136. The van der Waals surface area contributed by atoms with Crippen LogP contribution in [0.1, 0.15) is 13.8 Å². The van der Waals surface area contributed by atoms with Gasteiger partial charge in [-0.15, -0.1) is 0 Å². The quantitative estimate of drug-likeness (QED) is 0.407. The van der Waals surface area contributed by atoms with Gasteiger partial charge < -0.3 is 25.7 Å². The van der Waals surface area contributed by atoms with Crippen LogP contribution in [0, 0.1) is 0 Å². The first-order chi connectivity index (χ1) is 10.3. The highest BCUT2D eigenvalue weighted by Gasteiger charge is 2.22. The lowest BCUT2D eigenvalue weighted by Gasteiger charge is -2.28. The zero-order chi connectivity index (χ0) is 19.1. The van der Waals surface area contributed by atoms with Crippen LogP contribution in [0.4, 0.5) is 0 Å². The molecule has 0 radical (unpaired) electrons. The van der Waals surface area contributed by atoms with Crippen molar-refractivity contribution in [3.63, 3.8) is 0 Å². The van der Waals surface area contributed by atoms with Gasteiger partial charge in [0.15, 0.2) is 0 Å². The molecule has 0 unspecified atom stereocenters. The van der Waals surface area contributed by atoms with Gasteiger partial charge in [-0.1, -0.05) is 53.1 Å². The van der Waals surface area contributed by atoms with Crippen molar-refractivity contribution in [2.75, 3.05) is 39.5 Å². The number of nitrogens with one attached hydrogen (secondary N) is 1. The molecule has 0 saturated heterocycles. The number of rotatable bonds is 8. The third-order valence-electron chi connectivity index (χ3n) is 2.00. The van der Waals surface area contributed by atoms with Gasteiger partial charge >= 0.3 is 0 Å². The van der Waals surface area contributed by atoms with Gasteiger partial charge in [-0.2, -0.15) is 0 Å². The molecule has 0 aromatic rings. The van der Waals surface area contributed by atoms with Crippen molar-refractivity contribution in [3.05, 3.63) is 0 Å². The monoisotopic (exact) mass is 369 g/mol. The van der Waals surface area contributed by atoms with Gasteiger partial charge in [0.1, 0.15) is 16.5 Å². The number of hydrogen-bond donors (Lipinski definition) is 5. The molecular weight excluding hydrogens is 326 g/mol. The van der Waals surface area contributed by atoms with Crippen molar-refractivity contribution in [1.82, 2.24) is 9.55 Å². The predicted molar refractivity (Wildman–Crippen MR) is 107 cm³/mol. The van der Waals surface area contributed by atoms with Gasteiger partial charge in [0, 0.05) is 19.6 Å². The molecule has 8 heteroatoms. The van der Waals surface area contributed by atoms with Crippen LogP contribution in [0.15, 0.2) is 0 Å². The van der Waals surface area contributed by atoms with Crippen LogP contribution in [-0.4, -0.2) is 82.2 Å². The summed E-state index contributed by atoms with van der Waals surface area (Å²) < 4.78 is 3.74. The number of aliphatic hydroxyl groups is 3. The second kappa shape index (κ2) is 15.7. The Morgan fingerprint density at radius 2 is 1.00 bits per heavy atom. The molecular formula is C15H43N3O3Si2. The Balaban J connectivity index is -0.000000284. The summed E-state index contributed by atoms with van der Waals surface area (Å²) in [4.78, 5) is 1.79. The fourth-order valence-electron chi connectivity index (χ4n) is 1.88. The minimum atomic E-state index is -0.981. The fraction of sp³-hybridized carbons (Fsp3) is 1.00. The number of nitrogens with zero attached hydrogens (tertiary/aromatic N) is 1. The number of aliphatic hydroxyl groups excluding tert-OH is 3. The van der Waals surface area contributed by atoms with Crippen molar-refractivity contribution in [3.8, 4) is 0 Å². The maximum atomic E-state index is 8.48. The predicted octanol–water partition coefficient (Wildman–Crippen LogP) is 0.865. The van der Waals surface area contributed by atoms with Crippen molar-refractivity contribution >= 4 is 16.5 Å². The summed E-state index contributed by atoms with van der Waals surface area (Å²) in [5.74, 6) is 0. The zero-order valence-corrected chi connectivity index (χ0v) is 18.7. The molecule has 0 fully saturated rings. The van der Waals surface area contributed by atoms with E-state index in [1.165, 1.54) is 0 Å². The van der Waals surface area contributed by atoms with E-state index in [9.17, 15) is 0 Å². The van der Waals surface area contributed by atoms with E-state index >= 15 is 0 Å². The lowest BCUT2D eigenvalue weighted by atomic mass is 10.4. The average molecular weight is 370 g/mol. The minimum absolute atomic E-state index is 0.0694. The molecule has 0 saturated carbocycles. The van der Waals surface area contributed by atoms with E-state index in [0.717, 1.165) is 0 Å². The molecule has 0 heterocycles. The molecule has 0 amide bonds. The van der Waals surface area contributed by atoms with E-state index in [1.54, 1.807) is 4.90 Å². The SMILES string of the molecule is CC(C)N.C[Si](C)(C)N[Si](C)(C)C.OCCN(CCO)CCO. The van der Waals surface area contributed by atoms with Crippen molar-refractivity contribution in [1.29, 1.82) is 0 Å². The molecule has 0 aliphatic heterocycles. The third kappa shape index (κ3) is 39.2. The van der Waals surface area contributed by atoms with Gasteiger partial charge in [-0.05, 0) is 6.04 Å². The van der Waals surface area contributed by atoms with Crippen LogP contribution in [-0.2, 0) is 0 Å². The van der Waals surface area contributed by atoms with E-state index in [0.29, 0.717) is 25.7 Å². The molecule has 144 valence electrons. The molecule has 0 aliphatic carbocycles. The molecule has 0 bridgehead atoms. The first-order valence-electron chi connectivity index (χ1n) is 8.39. The largest absolute Gasteiger partial charge is 0.395 e. The van der Waals surface area contributed by atoms with Crippen LogP contribution in [0.25, 0.3) is 0 Å². The van der Waals surface area contributed by atoms with E-state index in [1.807, 2.05) is 13.8 Å². The summed E-state index contributed by atoms with van der Waals surface area (Å²) in [6, 6.07) is 0.333. The first-order valence-corrected chi connectivity index (χ1v) is 15.4. The molecule has 0 aliphatic rings. The second-order valence-electron chi connectivity index (χ2n) is 7.88. The molecule has 0 atom stereocenters. The smallest absolute Gasteiger partial charge is 0.109 e. The van der Waals surface area contributed by atoms with E-state index in [2.05, 4.69) is 43.9 Å². The van der Waals surface area contributed by atoms with Gasteiger partial charge in [0.25, 0.3) is 0 Å². The Morgan fingerprint density at radius 1 is 0.783 bits per heavy atom. The normalized spacial score (nSPS) is 11.7. The van der Waals surface area contributed by atoms with Crippen LogP contribution < -0.4 is 10.4 Å². The van der Waals surface area contributed by atoms with Gasteiger partial charge in [-0.25, -0.2) is 0 Å². The molecule has 0 aromatic carbocycles. The number of nitrogens with two attached hydrogens (primary N) is 1. The Kier molecular flexibility index (Phi) is 19.1. The van der Waals surface area contributed by atoms with Crippen LogP contribution in [0.3, 0.4) is 0 Å². The van der Waals surface area contributed by atoms with Crippen LogP contribution in [0.2, 0.25) is 39.3 Å². The fourth-order valence-corrected chi connectivity index (χ4v) is 10.9. The summed E-state index contributed by atoms with van der Waals surface area (Å²) in [5, 5.41) is 25.5. The molecule has 0 rings (SSSR count). The Bertz CT molecular complexity index is 216. The Morgan fingerprint density at radius 3 is 1.09 bits per heavy atom. The summed E-state index contributed by atoms with van der Waals surface area (Å²) in [6.07, 6.45) is 0. The highest BCUT2D eigenvalue weighted by Crippen LogP contribution is 2.02. The van der Waals surface area contributed by atoms with Crippen LogP contribution in [0.5, 0.6) is 0 Å². The highest BCUT2D eigenvalue weighted by atomic mass is 28.4. The highest BCUT2D eigenvalue weighted by molar-refractivity contribution is 6.90. The van der Waals surface area contributed by atoms with E-state index in [4.69, 9.17) is 21.1 Å². The Hall–Kier alpha value is 0.194. The van der Waals surface area contributed by atoms with Gasteiger partial charge in [0.2, 0.25) is 0 Å². The standard InChI is InChI=1S/C6H15NO3.C6H19NSi2.C3H9N/c8-4-1-7(2-5-9)3-6-10;1-8(2,3)7-9(4,5)6;1-3(2)4/h8-10H,1-6H2;7H,1-6H3;3H,4H2,1-2H3. The maximum Gasteiger partial charge on any atom is 0.109 e. The minimum Gasteiger partial charge on any atom is -0.395 e. The molecule has 6 nitrogen and oxygen atoms in total. The lowest BCUT2D eigenvalue weighted by Crippen LogP contribution is -2.55. The maximum absolute atomic E-state index is 8.48. The second-order valence-corrected chi connectivity index (χ2v) is 17.9. The first kappa shape index (κ1) is 28.0. The van der Waals surface area contributed by atoms with Gasteiger partial charge in [-0.3, -0.25) is 4.90 Å². The summed E-state index contributed by atoms with van der Waals surface area (Å²) in [7, 11) is -1.96. The average Bonchev–Trinajstić information content (AvgIpc) is 2.24. The summed E-state index contributed by atoms with van der Waals surface area (Å²) in [5.41, 5.74) is 5.11. The number of hydrogen-bond acceptors (Lipinski definition) is 6.